The summed E-state index contributed by atoms with van der Waals surface area (Å²) in [6.07, 6.45) is 0.908. The second-order valence-corrected chi connectivity index (χ2v) is 4.87. The van der Waals surface area contributed by atoms with Gasteiger partial charge < -0.3 is 15.2 Å². The van der Waals surface area contributed by atoms with E-state index in [0.29, 0.717) is 13.2 Å². The molecule has 0 bridgehead atoms. The standard InChI is InChI=1S/C17H23NO2.ClH/c1-3-14(12-19)18-11-16-15-8-6-5-7-13(15)9-10-17(16)20-4-2;/h5-10,14,18-19H,3-4,11-12H2,1-2H3;1H. The molecule has 0 saturated heterocycles. The van der Waals surface area contributed by atoms with Crippen molar-refractivity contribution < 1.29 is 9.84 Å². The summed E-state index contributed by atoms with van der Waals surface area (Å²) in [4.78, 5) is 0. The quantitative estimate of drug-likeness (QED) is 0.822. The summed E-state index contributed by atoms with van der Waals surface area (Å²) in [6.45, 7) is 5.58. The lowest BCUT2D eigenvalue weighted by molar-refractivity contribution is 0.237. The summed E-state index contributed by atoms with van der Waals surface area (Å²) in [5.41, 5.74) is 1.16. The Balaban J connectivity index is 0.00000220. The van der Waals surface area contributed by atoms with Crippen LogP contribution < -0.4 is 10.1 Å². The Morgan fingerprint density at radius 3 is 2.57 bits per heavy atom. The van der Waals surface area contributed by atoms with Crippen LogP contribution in [0, 0.1) is 0 Å². The number of nitrogens with one attached hydrogen (secondary N) is 1. The number of ether oxygens (including phenoxy) is 1. The zero-order valence-electron chi connectivity index (χ0n) is 12.6. The molecule has 0 aliphatic heterocycles. The van der Waals surface area contributed by atoms with E-state index in [2.05, 4.69) is 30.4 Å². The number of fused-ring (bicyclic) bond motifs is 1. The van der Waals surface area contributed by atoms with Crippen molar-refractivity contribution in [3.05, 3.63) is 42.0 Å². The molecule has 2 aromatic carbocycles. The average molecular weight is 310 g/mol. The Kier molecular flexibility index (Phi) is 7.51. The van der Waals surface area contributed by atoms with Crippen molar-refractivity contribution in [1.82, 2.24) is 5.32 Å². The van der Waals surface area contributed by atoms with Gasteiger partial charge >= 0.3 is 0 Å². The molecule has 2 aromatic rings. The highest BCUT2D eigenvalue weighted by atomic mass is 35.5. The van der Waals surface area contributed by atoms with Gasteiger partial charge in [-0.1, -0.05) is 37.3 Å². The van der Waals surface area contributed by atoms with E-state index in [1.807, 2.05) is 25.1 Å². The number of aliphatic hydroxyl groups excluding tert-OH is 1. The monoisotopic (exact) mass is 309 g/mol. The molecule has 3 nitrogen and oxygen atoms in total. The summed E-state index contributed by atoms with van der Waals surface area (Å²) in [5.74, 6) is 0.923. The molecule has 0 radical (unpaired) electrons. The Labute approximate surface area is 132 Å². The van der Waals surface area contributed by atoms with Crippen LogP contribution >= 0.6 is 12.4 Å². The molecule has 1 atom stereocenters. The van der Waals surface area contributed by atoms with Gasteiger partial charge in [0, 0.05) is 18.2 Å². The third kappa shape index (κ3) is 4.34. The van der Waals surface area contributed by atoms with E-state index in [1.54, 1.807) is 0 Å². The summed E-state index contributed by atoms with van der Waals surface area (Å²) in [7, 11) is 0. The molecule has 1 unspecified atom stereocenters. The van der Waals surface area contributed by atoms with Crippen molar-refractivity contribution in [2.24, 2.45) is 0 Å². The largest absolute Gasteiger partial charge is 0.494 e. The smallest absolute Gasteiger partial charge is 0.124 e. The van der Waals surface area contributed by atoms with Crippen LogP contribution in [-0.2, 0) is 6.54 Å². The number of benzene rings is 2. The van der Waals surface area contributed by atoms with E-state index in [-0.39, 0.29) is 25.1 Å². The van der Waals surface area contributed by atoms with Gasteiger partial charge in [-0.3, -0.25) is 0 Å². The molecule has 116 valence electrons. The zero-order valence-corrected chi connectivity index (χ0v) is 13.5. The van der Waals surface area contributed by atoms with E-state index >= 15 is 0 Å². The van der Waals surface area contributed by atoms with Crippen molar-refractivity contribution in [3.63, 3.8) is 0 Å². The zero-order chi connectivity index (χ0) is 14.4. The lowest BCUT2D eigenvalue weighted by Gasteiger charge is -2.18. The first-order valence-electron chi connectivity index (χ1n) is 7.27. The maximum absolute atomic E-state index is 9.30. The van der Waals surface area contributed by atoms with Gasteiger partial charge in [0.1, 0.15) is 5.75 Å². The molecule has 0 amide bonds. The van der Waals surface area contributed by atoms with E-state index in [1.165, 1.54) is 10.8 Å². The van der Waals surface area contributed by atoms with Crippen LogP contribution in [0.2, 0.25) is 0 Å². The van der Waals surface area contributed by atoms with E-state index < -0.39 is 0 Å². The lowest BCUT2D eigenvalue weighted by atomic mass is 10.0. The van der Waals surface area contributed by atoms with Crippen LogP contribution in [0.5, 0.6) is 5.75 Å². The molecular formula is C17H24ClNO2. The molecule has 0 aliphatic rings. The van der Waals surface area contributed by atoms with Gasteiger partial charge in [0.15, 0.2) is 0 Å². The third-order valence-electron chi connectivity index (χ3n) is 3.58. The van der Waals surface area contributed by atoms with E-state index in [4.69, 9.17) is 4.74 Å². The number of halogens is 1. The predicted molar refractivity (Wildman–Crippen MR) is 90.4 cm³/mol. The molecule has 4 heteroatoms. The Morgan fingerprint density at radius 2 is 1.90 bits per heavy atom. The second-order valence-electron chi connectivity index (χ2n) is 4.87. The number of rotatable bonds is 7. The van der Waals surface area contributed by atoms with Crippen LogP contribution in [0.3, 0.4) is 0 Å². The summed E-state index contributed by atoms with van der Waals surface area (Å²) in [6, 6.07) is 12.6. The minimum Gasteiger partial charge on any atom is -0.494 e. The van der Waals surface area contributed by atoms with Gasteiger partial charge in [-0.05, 0) is 30.2 Å². The molecule has 0 aromatic heterocycles. The molecule has 2 rings (SSSR count). The first kappa shape index (κ1) is 17.8. The highest BCUT2D eigenvalue weighted by molar-refractivity contribution is 5.87. The topological polar surface area (TPSA) is 41.5 Å². The van der Waals surface area contributed by atoms with E-state index in [0.717, 1.165) is 17.7 Å². The average Bonchev–Trinajstić information content (AvgIpc) is 2.50. The molecule has 2 N–H and O–H groups in total. The first-order chi connectivity index (χ1) is 9.80. The molecule has 0 fully saturated rings. The summed E-state index contributed by atoms with van der Waals surface area (Å²) in [5, 5.41) is 15.1. The Hall–Kier alpha value is -1.29. The van der Waals surface area contributed by atoms with Gasteiger partial charge in [-0.2, -0.15) is 0 Å². The van der Waals surface area contributed by atoms with E-state index in [9.17, 15) is 5.11 Å². The van der Waals surface area contributed by atoms with Crippen LogP contribution in [0.15, 0.2) is 36.4 Å². The van der Waals surface area contributed by atoms with Crippen LogP contribution in [0.25, 0.3) is 10.8 Å². The minimum absolute atomic E-state index is 0. The Bertz CT molecular complexity index is 555. The molecule has 0 aliphatic carbocycles. The van der Waals surface area contributed by atoms with Crippen LogP contribution in [0.1, 0.15) is 25.8 Å². The van der Waals surface area contributed by atoms with Crippen molar-refractivity contribution in [1.29, 1.82) is 0 Å². The molecule has 0 heterocycles. The fourth-order valence-electron chi connectivity index (χ4n) is 2.37. The van der Waals surface area contributed by atoms with Crippen molar-refractivity contribution in [3.8, 4) is 5.75 Å². The van der Waals surface area contributed by atoms with Crippen molar-refractivity contribution >= 4 is 23.2 Å². The maximum atomic E-state index is 9.30. The third-order valence-corrected chi connectivity index (χ3v) is 3.58. The number of hydrogen-bond donors (Lipinski definition) is 2. The summed E-state index contributed by atoms with van der Waals surface area (Å²) >= 11 is 0. The second kappa shape index (κ2) is 8.88. The molecular weight excluding hydrogens is 286 g/mol. The fraction of sp³-hybridized carbons (Fsp3) is 0.412. The predicted octanol–water partition coefficient (Wildman–Crippen LogP) is 3.52. The van der Waals surface area contributed by atoms with Crippen LogP contribution in [-0.4, -0.2) is 24.4 Å². The normalized spacial score (nSPS) is 12.0. The SMILES string of the molecule is CCOc1ccc2ccccc2c1CNC(CC)CO.Cl. The van der Waals surface area contributed by atoms with Gasteiger partial charge in [-0.15, -0.1) is 12.4 Å². The van der Waals surface area contributed by atoms with Crippen molar-refractivity contribution in [2.75, 3.05) is 13.2 Å². The Morgan fingerprint density at radius 1 is 1.14 bits per heavy atom. The fourth-order valence-corrected chi connectivity index (χ4v) is 2.37. The highest BCUT2D eigenvalue weighted by Gasteiger charge is 2.10. The summed E-state index contributed by atoms with van der Waals surface area (Å²) < 4.78 is 5.74. The lowest BCUT2D eigenvalue weighted by Crippen LogP contribution is -2.31. The molecule has 21 heavy (non-hydrogen) atoms. The first-order valence-corrected chi connectivity index (χ1v) is 7.27. The van der Waals surface area contributed by atoms with Crippen LogP contribution in [0.4, 0.5) is 0 Å². The number of aliphatic hydroxyl groups is 1. The minimum atomic E-state index is 0. The van der Waals surface area contributed by atoms with Gasteiger partial charge in [0.05, 0.1) is 13.2 Å². The molecule has 0 spiro atoms. The molecule has 0 saturated carbocycles. The highest BCUT2D eigenvalue weighted by Crippen LogP contribution is 2.28. The van der Waals surface area contributed by atoms with Gasteiger partial charge in [-0.25, -0.2) is 0 Å². The van der Waals surface area contributed by atoms with Gasteiger partial charge in [0.2, 0.25) is 0 Å². The number of hydrogen-bond acceptors (Lipinski definition) is 3. The van der Waals surface area contributed by atoms with Crippen molar-refractivity contribution in [2.45, 2.75) is 32.9 Å². The van der Waals surface area contributed by atoms with Gasteiger partial charge in [0.25, 0.3) is 0 Å². The maximum Gasteiger partial charge on any atom is 0.124 e.